The molecule has 1 N–H and O–H groups in total. The summed E-state index contributed by atoms with van der Waals surface area (Å²) >= 11 is 0. The Kier molecular flexibility index (Phi) is 1.82. The summed E-state index contributed by atoms with van der Waals surface area (Å²) in [5.74, 6) is 0.755. The van der Waals surface area contributed by atoms with Crippen molar-refractivity contribution in [2.24, 2.45) is 5.92 Å². The number of nitrogens with one attached hydrogen (secondary N) is 1. The van der Waals surface area contributed by atoms with Crippen LogP contribution < -0.4 is 5.32 Å². The number of rotatable bonds is 2. The van der Waals surface area contributed by atoms with Gasteiger partial charge < -0.3 is 10.2 Å². The molecule has 3 fully saturated rings. The first-order valence-electron chi connectivity index (χ1n) is 4.32. The standard InChI is InChI=1S/C8H14N2O/c11-6-9-8-5-10-3-1-7(8)2-4-10/h6-8H,1-5H2,(H,9,11). The van der Waals surface area contributed by atoms with Gasteiger partial charge in [0, 0.05) is 12.6 Å². The fourth-order valence-electron chi connectivity index (χ4n) is 2.24. The largest absolute Gasteiger partial charge is 0.354 e. The summed E-state index contributed by atoms with van der Waals surface area (Å²) < 4.78 is 0. The molecule has 0 saturated carbocycles. The van der Waals surface area contributed by atoms with Crippen molar-refractivity contribution in [3.63, 3.8) is 0 Å². The van der Waals surface area contributed by atoms with Crippen molar-refractivity contribution in [2.75, 3.05) is 19.6 Å². The van der Waals surface area contributed by atoms with Crippen LogP contribution in [0.1, 0.15) is 12.8 Å². The van der Waals surface area contributed by atoms with Gasteiger partial charge in [-0.15, -0.1) is 0 Å². The molecule has 0 aliphatic carbocycles. The lowest BCUT2D eigenvalue weighted by atomic mass is 9.84. The van der Waals surface area contributed by atoms with Crippen molar-refractivity contribution in [1.82, 2.24) is 10.2 Å². The zero-order valence-corrected chi connectivity index (χ0v) is 6.62. The van der Waals surface area contributed by atoms with Gasteiger partial charge in [-0.3, -0.25) is 4.79 Å². The Hall–Kier alpha value is -0.570. The molecule has 0 spiro atoms. The Balaban J connectivity index is 1.97. The van der Waals surface area contributed by atoms with Crippen LogP contribution in [0.3, 0.4) is 0 Å². The van der Waals surface area contributed by atoms with E-state index >= 15 is 0 Å². The molecule has 1 atom stereocenters. The van der Waals surface area contributed by atoms with Gasteiger partial charge in [-0.2, -0.15) is 0 Å². The Bertz CT molecular complexity index is 152. The first-order chi connectivity index (χ1) is 5.40. The summed E-state index contributed by atoms with van der Waals surface area (Å²) in [6.45, 7) is 3.55. The van der Waals surface area contributed by atoms with E-state index in [-0.39, 0.29) is 0 Å². The topological polar surface area (TPSA) is 32.3 Å². The van der Waals surface area contributed by atoms with Crippen LogP contribution in [-0.4, -0.2) is 37.0 Å². The Morgan fingerprint density at radius 1 is 1.36 bits per heavy atom. The summed E-state index contributed by atoms with van der Waals surface area (Å²) in [6, 6.07) is 0.440. The molecule has 0 aromatic rings. The van der Waals surface area contributed by atoms with Gasteiger partial charge in [-0.1, -0.05) is 0 Å². The maximum atomic E-state index is 10.2. The third kappa shape index (κ3) is 1.25. The van der Waals surface area contributed by atoms with Gasteiger partial charge in [-0.05, 0) is 31.8 Å². The predicted octanol–water partition coefficient (Wildman–Crippen LogP) is -0.173. The number of hydrogen-bond donors (Lipinski definition) is 1. The minimum absolute atomic E-state index is 0.440. The third-order valence-electron chi connectivity index (χ3n) is 2.94. The first kappa shape index (κ1) is 7.10. The van der Waals surface area contributed by atoms with Crippen molar-refractivity contribution >= 4 is 6.41 Å². The minimum atomic E-state index is 0.440. The second-order valence-electron chi connectivity index (χ2n) is 3.53. The maximum Gasteiger partial charge on any atom is 0.207 e. The number of hydrogen-bond acceptors (Lipinski definition) is 2. The molecule has 1 unspecified atom stereocenters. The van der Waals surface area contributed by atoms with E-state index in [4.69, 9.17) is 0 Å². The second kappa shape index (κ2) is 2.81. The van der Waals surface area contributed by atoms with E-state index in [1.54, 1.807) is 0 Å². The van der Waals surface area contributed by atoms with Gasteiger partial charge in [0.25, 0.3) is 0 Å². The van der Waals surface area contributed by atoms with Gasteiger partial charge in [-0.25, -0.2) is 0 Å². The molecule has 3 saturated heterocycles. The molecule has 3 aliphatic rings. The molecule has 3 rings (SSSR count). The van der Waals surface area contributed by atoms with Gasteiger partial charge >= 0.3 is 0 Å². The van der Waals surface area contributed by atoms with Crippen LogP contribution in [0.15, 0.2) is 0 Å². The molecule has 11 heavy (non-hydrogen) atoms. The predicted molar refractivity (Wildman–Crippen MR) is 42.2 cm³/mol. The monoisotopic (exact) mass is 154 g/mol. The number of fused-ring (bicyclic) bond motifs is 3. The van der Waals surface area contributed by atoms with Crippen molar-refractivity contribution in [2.45, 2.75) is 18.9 Å². The Labute approximate surface area is 66.8 Å². The Morgan fingerprint density at radius 2 is 2.09 bits per heavy atom. The minimum Gasteiger partial charge on any atom is -0.354 e. The van der Waals surface area contributed by atoms with E-state index in [2.05, 4.69) is 10.2 Å². The average Bonchev–Trinajstić information content (AvgIpc) is 2.07. The van der Waals surface area contributed by atoms with Crippen LogP contribution in [0.5, 0.6) is 0 Å². The molecule has 0 aromatic heterocycles. The molecule has 3 aliphatic heterocycles. The number of carbonyl (C=O) groups excluding carboxylic acids is 1. The van der Waals surface area contributed by atoms with E-state index in [9.17, 15) is 4.79 Å². The second-order valence-corrected chi connectivity index (χ2v) is 3.53. The number of amides is 1. The SMILES string of the molecule is O=CNC1CN2CCC1CC2. The molecular weight excluding hydrogens is 140 g/mol. The van der Waals surface area contributed by atoms with Crippen LogP contribution in [0, 0.1) is 5.92 Å². The van der Waals surface area contributed by atoms with Crippen molar-refractivity contribution in [3.05, 3.63) is 0 Å². The van der Waals surface area contributed by atoms with E-state index in [1.165, 1.54) is 25.9 Å². The molecular formula is C8H14N2O. The molecule has 1 amide bonds. The van der Waals surface area contributed by atoms with E-state index in [0.29, 0.717) is 6.04 Å². The van der Waals surface area contributed by atoms with E-state index < -0.39 is 0 Å². The molecule has 0 aromatic carbocycles. The lowest BCUT2D eigenvalue weighted by molar-refractivity contribution is -0.111. The summed E-state index contributed by atoms with van der Waals surface area (Å²) in [5.41, 5.74) is 0. The van der Waals surface area contributed by atoms with Crippen molar-refractivity contribution in [3.8, 4) is 0 Å². The number of piperidine rings is 3. The number of carbonyl (C=O) groups is 1. The van der Waals surface area contributed by atoms with E-state index in [0.717, 1.165) is 18.9 Å². The smallest absolute Gasteiger partial charge is 0.207 e. The van der Waals surface area contributed by atoms with Crippen LogP contribution in [0.2, 0.25) is 0 Å². The normalized spacial score (nSPS) is 42.0. The highest BCUT2D eigenvalue weighted by Gasteiger charge is 2.33. The highest BCUT2D eigenvalue weighted by molar-refractivity contribution is 5.46. The fraction of sp³-hybridized carbons (Fsp3) is 0.875. The molecule has 3 heterocycles. The quantitative estimate of drug-likeness (QED) is 0.560. The fourth-order valence-corrected chi connectivity index (χ4v) is 2.24. The summed E-state index contributed by atoms with van der Waals surface area (Å²) in [5, 5.41) is 2.89. The van der Waals surface area contributed by atoms with Crippen LogP contribution in [0.4, 0.5) is 0 Å². The third-order valence-corrected chi connectivity index (χ3v) is 2.94. The lowest BCUT2D eigenvalue weighted by Crippen LogP contribution is -2.55. The van der Waals surface area contributed by atoms with Crippen LogP contribution >= 0.6 is 0 Å². The van der Waals surface area contributed by atoms with Gasteiger partial charge in [0.15, 0.2) is 0 Å². The molecule has 3 nitrogen and oxygen atoms in total. The molecule has 2 bridgehead atoms. The first-order valence-corrected chi connectivity index (χ1v) is 4.32. The molecule has 62 valence electrons. The van der Waals surface area contributed by atoms with Gasteiger partial charge in [0.05, 0.1) is 0 Å². The average molecular weight is 154 g/mol. The lowest BCUT2D eigenvalue weighted by Gasteiger charge is -2.44. The molecule has 0 radical (unpaired) electrons. The maximum absolute atomic E-state index is 10.2. The highest BCUT2D eigenvalue weighted by atomic mass is 16.1. The highest BCUT2D eigenvalue weighted by Crippen LogP contribution is 2.26. The van der Waals surface area contributed by atoms with Crippen molar-refractivity contribution < 1.29 is 4.79 Å². The van der Waals surface area contributed by atoms with Gasteiger partial charge in [0.2, 0.25) is 6.41 Å². The molecule has 3 heteroatoms. The summed E-state index contributed by atoms with van der Waals surface area (Å²) in [4.78, 5) is 12.7. The zero-order valence-electron chi connectivity index (χ0n) is 6.62. The van der Waals surface area contributed by atoms with Crippen LogP contribution in [-0.2, 0) is 4.79 Å². The summed E-state index contributed by atoms with van der Waals surface area (Å²) in [7, 11) is 0. The van der Waals surface area contributed by atoms with E-state index in [1.807, 2.05) is 0 Å². The zero-order chi connectivity index (χ0) is 7.68. The van der Waals surface area contributed by atoms with Crippen LogP contribution in [0.25, 0.3) is 0 Å². The van der Waals surface area contributed by atoms with Crippen molar-refractivity contribution in [1.29, 1.82) is 0 Å². The number of nitrogens with zero attached hydrogens (tertiary/aromatic N) is 1. The Morgan fingerprint density at radius 3 is 2.55 bits per heavy atom. The summed E-state index contributed by atoms with van der Waals surface area (Å²) in [6.07, 6.45) is 3.38. The van der Waals surface area contributed by atoms with Gasteiger partial charge in [0.1, 0.15) is 0 Å².